The molecule has 0 unspecified atom stereocenters. The quantitative estimate of drug-likeness (QED) is 0.785. The number of carbonyl (C=O) groups excluding carboxylic acids is 1. The second-order valence-electron chi connectivity index (χ2n) is 5.75. The Balaban J connectivity index is 1.95. The average Bonchev–Trinajstić information content (AvgIpc) is 2.58. The third-order valence-corrected chi connectivity index (χ3v) is 3.50. The minimum atomic E-state index is -0.278. The summed E-state index contributed by atoms with van der Waals surface area (Å²) in [6.45, 7) is 2.29. The molecule has 0 saturated heterocycles. The molecule has 0 aliphatic carbocycles. The fourth-order valence-corrected chi connectivity index (χ4v) is 2.17. The van der Waals surface area contributed by atoms with E-state index in [1.807, 2.05) is 74.8 Å². The fraction of sp³-hybridized carbons (Fsp3) is 0.316. The van der Waals surface area contributed by atoms with Gasteiger partial charge < -0.3 is 14.5 Å². The van der Waals surface area contributed by atoms with E-state index in [-0.39, 0.29) is 6.09 Å². The lowest BCUT2D eigenvalue weighted by Crippen LogP contribution is -2.36. The molecule has 0 N–H and O–H groups in total. The number of amides is 1. The zero-order valence-electron chi connectivity index (χ0n) is 13.8. The number of ether oxygens (including phenoxy) is 1. The summed E-state index contributed by atoms with van der Waals surface area (Å²) in [5, 5.41) is 0. The molecule has 122 valence electrons. The Bertz CT molecular complexity index is 585. The first-order chi connectivity index (χ1) is 11.1. The Morgan fingerprint density at radius 3 is 2.00 bits per heavy atom. The number of carbonyl (C=O) groups is 1. The highest BCUT2D eigenvalue weighted by Gasteiger charge is 2.15. The molecular weight excluding hydrogens is 288 g/mol. The summed E-state index contributed by atoms with van der Waals surface area (Å²) >= 11 is 0. The largest absolute Gasteiger partial charge is 0.445 e. The molecule has 1 amide bonds. The van der Waals surface area contributed by atoms with Gasteiger partial charge in [-0.25, -0.2) is 4.79 Å². The van der Waals surface area contributed by atoms with Gasteiger partial charge in [0.25, 0.3) is 0 Å². The molecule has 2 rings (SSSR count). The summed E-state index contributed by atoms with van der Waals surface area (Å²) in [6, 6.07) is 19.7. The van der Waals surface area contributed by atoms with Crippen LogP contribution in [-0.2, 0) is 17.9 Å². The molecule has 23 heavy (non-hydrogen) atoms. The fourth-order valence-electron chi connectivity index (χ4n) is 2.17. The van der Waals surface area contributed by atoms with Crippen molar-refractivity contribution in [1.82, 2.24) is 9.80 Å². The maximum absolute atomic E-state index is 12.4. The van der Waals surface area contributed by atoms with Gasteiger partial charge in [0.15, 0.2) is 0 Å². The van der Waals surface area contributed by atoms with Crippen LogP contribution in [0.2, 0.25) is 0 Å². The van der Waals surface area contributed by atoms with Crippen molar-refractivity contribution in [2.45, 2.75) is 13.2 Å². The molecule has 4 heteroatoms. The smallest absolute Gasteiger partial charge is 0.410 e. The van der Waals surface area contributed by atoms with Gasteiger partial charge in [0.1, 0.15) is 6.61 Å². The van der Waals surface area contributed by atoms with E-state index in [1.165, 1.54) is 0 Å². The summed E-state index contributed by atoms with van der Waals surface area (Å²) in [7, 11) is 3.99. The topological polar surface area (TPSA) is 32.8 Å². The molecule has 0 aromatic heterocycles. The minimum absolute atomic E-state index is 0.278. The molecule has 0 fully saturated rings. The van der Waals surface area contributed by atoms with Crippen molar-refractivity contribution in [1.29, 1.82) is 0 Å². The Morgan fingerprint density at radius 1 is 0.870 bits per heavy atom. The predicted molar refractivity (Wildman–Crippen MR) is 92.0 cm³/mol. The molecule has 4 nitrogen and oxygen atoms in total. The van der Waals surface area contributed by atoms with E-state index in [4.69, 9.17) is 4.74 Å². The van der Waals surface area contributed by atoms with Crippen LogP contribution in [0.3, 0.4) is 0 Å². The lowest BCUT2D eigenvalue weighted by molar-refractivity contribution is 0.0911. The van der Waals surface area contributed by atoms with Crippen LogP contribution in [0.5, 0.6) is 0 Å². The van der Waals surface area contributed by atoms with Gasteiger partial charge in [-0.05, 0) is 25.2 Å². The molecule has 2 aromatic rings. The second-order valence-corrected chi connectivity index (χ2v) is 5.75. The van der Waals surface area contributed by atoms with Crippen LogP contribution in [0.15, 0.2) is 60.7 Å². The van der Waals surface area contributed by atoms with Crippen LogP contribution in [0.25, 0.3) is 0 Å². The molecule has 0 heterocycles. The van der Waals surface area contributed by atoms with Gasteiger partial charge >= 0.3 is 6.09 Å². The van der Waals surface area contributed by atoms with Crippen molar-refractivity contribution < 1.29 is 9.53 Å². The summed E-state index contributed by atoms with van der Waals surface area (Å²) in [6.07, 6.45) is -0.278. The molecule has 0 aliphatic heterocycles. The number of nitrogens with zero attached hydrogens (tertiary/aromatic N) is 2. The van der Waals surface area contributed by atoms with E-state index in [9.17, 15) is 4.79 Å². The van der Waals surface area contributed by atoms with Crippen LogP contribution in [0.1, 0.15) is 11.1 Å². The summed E-state index contributed by atoms with van der Waals surface area (Å²) < 4.78 is 5.46. The third-order valence-electron chi connectivity index (χ3n) is 3.50. The molecule has 0 radical (unpaired) electrons. The normalized spacial score (nSPS) is 10.6. The highest BCUT2D eigenvalue weighted by atomic mass is 16.6. The predicted octanol–water partition coefficient (Wildman–Crippen LogP) is 3.39. The lowest BCUT2D eigenvalue weighted by atomic mass is 10.2. The van der Waals surface area contributed by atoms with E-state index in [1.54, 1.807) is 4.90 Å². The van der Waals surface area contributed by atoms with Crippen LogP contribution in [0.4, 0.5) is 4.79 Å². The first-order valence-corrected chi connectivity index (χ1v) is 7.79. The Labute approximate surface area is 138 Å². The van der Waals surface area contributed by atoms with Gasteiger partial charge in [-0.3, -0.25) is 0 Å². The van der Waals surface area contributed by atoms with E-state index >= 15 is 0 Å². The first-order valence-electron chi connectivity index (χ1n) is 7.79. The van der Waals surface area contributed by atoms with Crippen LogP contribution in [0, 0.1) is 0 Å². The van der Waals surface area contributed by atoms with Gasteiger partial charge in [-0.15, -0.1) is 0 Å². The van der Waals surface area contributed by atoms with Crippen molar-refractivity contribution in [2.24, 2.45) is 0 Å². The monoisotopic (exact) mass is 312 g/mol. The highest BCUT2D eigenvalue weighted by molar-refractivity contribution is 5.67. The van der Waals surface area contributed by atoms with Crippen molar-refractivity contribution >= 4 is 6.09 Å². The molecule has 0 bridgehead atoms. The van der Waals surface area contributed by atoms with Gasteiger partial charge in [-0.1, -0.05) is 60.7 Å². The second kappa shape index (κ2) is 8.96. The lowest BCUT2D eigenvalue weighted by Gasteiger charge is -2.24. The average molecular weight is 312 g/mol. The number of benzene rings is 2. The van der Waals surface area contributed by atoms with Crippen molar-refractivity contribution in [2.75, 3.05) is 27.2 Å². The zero-order chi connectivity index (χ0) is 16.5. The number of hydrogen-bond acceptors (Lipinski definition) is 3. The van der Waals surface area contributed by atoms with Crippen LogP contribution >= 0.6 is 0 Å². The molecule has 0 atom stereocenters. The Morgan fingerprint density at radius 2 is 1.43 bits per heavy atom. The van der Waals surface area contributed by atoms with Crippen molar-refractivity contribution in [3.63, 3.8) is 0 Å². The number of hydrogen-bond donors (Lipinski definition) is 0. The van der Waals surface area contributed by atoms with Crippen molar-refractivity contribution in [3.8, 4) is 0 Å². The van der Waals surface area contributed by atoms with Crippen molar-refractivity contribution in [3.05, 3.63) is 71.8 Å². The number of rotatable bonds is 7. The van der Waals surface area contributed by atoms with Gasteiger partial charge in [0.2, 0.25) is 0 Å². The van der Waals surface area contributed by atoms with Gasteiger partial charge in [-0.2, -0.15) is 0 Å². The highest BCUT2D eigenvalue weighted by Crippen LogP contribution is 2.08. The maximum Gasteiger partial charge on any atom is 0.410 e. The molecular formula is C19H24N2O2. The Hall–Kier alpha value is -2.33. The van der Waals surface area contributed by atoms with Crippen LogP contribution in [-0.4, -0.2) is 43.1 Å². The van der Waals surface area contributed by atoms with Crippen LogP contribution < -0.4 is 0 Å². The SMILES string of the molecule is CN(C)CCN(Cc1ccccc1)C(=O)OCc1ccccc1. The van der Waals surface area contributed by atoms with E-state index in [2.05, 4.69) is 4.90 Å². The molecule has 0 saturated carbocycles. The first kappa shape index (κ1) is 17.0. The summed E-state index contributed by atoms with van der Waals surface area (Å²) in [4.78, 5) is 16.2. The molecule has 0 spiro atoms. The summed E-state index contributed by atoms with van der Waals surface area (Å²) in [5.74, 6) is 0. The Kier molecular flexibility index (Phi) is 6.63. The van der Waals surface area contributed by atoms with Gasteiger partial charge in [0, 0.05) is 19.6 Å². The summed E-state index contributed by atoms with van der Waals surface area (Å²) in [5.41, 5.74) is 2.09. The molecule has 2 aromatic carbocycles. The standard InChI is InChI=1S/C19H24N2O2/c1-20(2)13-14-21(15-17-9-5-3-6-10-17)19(22)23-16-18-11-7-4-8-12-18/h3-12H,13-16H2,1-2H3. The number of likely N-dealkylation sites (N-methyl/N-ethyl adjacent to an activating group) is 1. The van der Waals surface area contributed by atoms with Gasteiger partial charge in [0.05, 0.1) is 0 Å². The van der Waals surface area contributed by atoms with E-state index in [0.29, 0.717) is 19.7 Å². The minimum Gasteiger partial charge on any atom is -0.445 e. The van der Waals surface area contributed by atoms with E-state index in [0.717, 1.165) is 17.7 Å². The van der Waals surface area contributed by atoms with E-state index < -0.39 is 0 Å². The molecule has 0 aliphatic rings. The zero-order valence-corrected chi connectivity index (χ0v) is 13.8. The maximum atomic E-state index is 12.4. The third kappa shape index (κ3) is 6.12.